The van der Waals surface area contributed by atoms with Crippen LogP contribution in [0.4, 0.5) is 0 Å². The van der Waals surface area contributed by atoms with Gasteiger partial charge < -0.3 is 23.1 Å². The van der Waals surface area contributed by atoms with Gasteiger partial charge in [-0.15, -0.1) is 0 Å². The molecule has 1 aromatic rings. The molecule has 0 amide bonds. The van der Waals surface area contributed by atoms with Gasteiger partial charge in [-0.1, -0.05) is 0 Å². The van der Waals surface area contributed by atoms with Crippen LogP contribution in [0.1, 0.15) is 83.1 Å². The minimum atomic E-state index is -2.98. The van der Waals surface area contributed by atoms with Crippen LogP contribution in [0.3, 0.4) is 0 Å². The van der Waals surface area contributed by atoms with Crippen LogP contribution in [0.5, 0.6) is 11.5 Å². The molecule has 5 nitrogen and oxygen atoms in total. The third-order valence-corrected chi connectivity index (χ3v) is 15.6. The van der Waals surface area contributed by atoms with Crippen LogP contribution in [0.2, 0.25) is 0 Å². The molecule has 0 aliphatic rings. The van der Waals surface area contributed by atoms with E-state index in [1.807, 2.05) is 32.9 Å². The Hall–Kier alpha value is -0.653. The molecular weight excluding hydrogens is 439 g/mol. The summed E-state index contributed by atoms with van der Waals surface area (Å²) in [5, 5.41) is 11.6. The van der Waals surface area contributed by atoms with Gasteiger partial charge in [0.1, 0.15) is 11.1 Å². The van der Waals surface area contributed by atoms with Gasteiger partial charge in [-0.05, 0) is 95.2 Å². The van der Waals surface area contributed by atoms with E-state index in [2.05, 4.69) is 62.3 Å². The highest BCUT2D eigenvalue weighted by atomic mass is 31.2. The van der Waals surface area contributed by atoms with Crippen LogP contribution in [0, 0.1) is 0 Å². The fourth-order valence-electron chi connectivity index (χ4n) is 6.07. The van der Waals surface area contributed by atoms with Gasteiger partial charge in [-0.25, -0.2) is 0 Å². The van der Waals surface area contributed by atoms with Gasteiger partial charge in [-0.2, -0.15) is 0 Å². The number of phenolic OH excluding ortho intramolecular Hbond substituents is 1. The zero-order valence-corrected chi connectivity index (χ0v) is 24.5. The standard InChI is InChI=1S/C25H47O5PSi/c1-13-28-32(29-14-2,30-15-3)19-27-21-17-16-20(26)18-22(21)31(23(4,5)6,24(7,8)9)25(10,11)12/h16-18H,13-15,19H2,1-12H3/p+1. The largest absolute Gasteiger partial charge is 0.540 e. The van der Waals surface area contributed by atoms with Gasteiger partial charge in [0.05, 0.1) is 22.7 Å². The van der Waals surface area contributed by atoms with Gasteiger partial charge in [0.15, 0.2) is 12.0 Å². The third-order valence-electron chi connectivity index (χ3n) is 5.82. The van der Waals surface area contributed by atoms with E-state index in [-0.39, 0.29) is 27.4 Å². The Bertz CT molecular complexity index is 678. The first kappa shape index (κ1) is 29.4. The Morgan fingerprint density at radius 3 is 1.50 bits per heavy atom. The molecule has 0 spiro atoms. The van der Waals surface area contributed by atoms with E-state index >= 15 is 0 Å². The maximum atomic E-state index is 10.6. The fourth-order valence-corrected chi connectivity index (χ4v) is 17.2. The lowest BCUT2D eigenvalue weighted by molar-refractivity contribution is 0.0542. The summed E-state index contributed by atoms with van der Waals surface area (Å²) in [4.78, 5) is 0. The Kier molecular flexibility index (Phi) is 9.85. The summed E-state index contributed by atoms with van der Waals surface area (Å²) in [5.74, 6) is 1.05. The molecule has 0 atom stereocenters. The maximum absolute atomic E-state index is 10.6. The predicted octanol–water partition coefficient (Wildman–Crippen LogP) is 6.40. The number of hydrogen-bond donors (Lipinski definition) is 1. The molecule has 0 aromatic heterocycles. The van der Waals surface area contributed by atoms with Crippen LogP contribution in [0.15, 0.2) is 18.2 Å². The average molecular weight is 488 g/mol. The van der Waals surface area contributed by atoms with Crippen LogP contribution in [-0.4, -0.2) is 55.4 Å². The Labute approximate surface area is 198 Å². The second kappa shape index (κ2) is 10.7. The van der Waals surface area contributed by atoms with E-state index in [0.717, 1.165) is 11.1 Å². The van der Waals surface area contributed by atoms with E-state index in [0.29, 0.717) is 19.8 Å². The molecule has 0 fully saturated rings. The molecule has 1 rings (SSSR count). The minimum absolute atomic E-state index is 0.0241. The smallest absolute Gasteiger partial charge is 0.508 e. The molecule has 0 saturated carbocycles. The molecule has 0 aliphatic carbocycles. The topological polar surface area (TPSA) is 57.2 Å². The molecule has 0 bridgehead atoms. The zero-order chi connectivity index (χ0) is 25.0. The molecule has 0 heterocycles. The highest BCUT2D eigenvalue weighted by Crippen LogP contribution is 2.83. The van der Waals surface area contributed by atoms with Crippen LogP contribution in [0.25, 0.3) is 0 Å². The highest BCUT2D eigenvalue weighted by Gasteiger charge is 2.67. The number of phenols is 1. The van der Waals surface area contributed by atoms with Crippen LogP contribution < -0.4 is 10.0 Å². The normalized spacial score (nSPS) is 14.0. The molecule has 7 heteroatoms. The van der Waals surface area contributed by atoms with Crippen molar-refractivity contribution in [2.24, 2.45) is 0 Å². The van der Waals surface area contributed by atoms with Crippen molar-refractivity contribution in [2.45, 2.75) is 98.6 Å². The molecule has 1 N–H and O–H groups in total. The molecule has 186 valence electrons. The zero-order valence-electron chi connectivity index (χ0n) is 22.6. The summed E-state index contributed by atoms with van der Waals surface area (Å²) in [6.45, 7) is 28.3. The van der Waals surface area contributed by atoms with Crippen LogP contribution in [-0.2, 0) is 13.3 Å². The minimum Gasteiger partial charge on any atom is -0.508 e. The second-order valence-electron chi connectivity index (χ2n) is 11.1. The number of rotatable bonds is 10. The predicted molar refractivity (Wildman–Crippen MR) is 140 cm³/mol. The summed E-state index contributed by atoms with van der Waals surface area (Å²) in [5.41, 5.74) is 0. The van der Waals surface area contributed by atoms with Gasteiger partial charge in [0, 0.05) is 25.9 Å². The molecule has 0 unspecified atom stereocenters. The first-order valence-electron chi connectivity index (χ1n) is 11.8. The number of aromatic hydroxyl groups is 1. The van der Waals surface area contributed by atoms with Crippen molar-refractivity contribution < 1.29 is 23.1 Å². The van der Waals surface area contributed by atoms with Gasteiger partial charge in [0.25, 0.3) is 0 Å². The van der Waals surface area contributed by atoms with E-state index in [4.69, 9.17) is 18.0 Å². The van der Waals surface area contributed by atoms with Crippen molar-refractivity contribution in [3.05, 3.63) is 18.2 Å². The molecule has 0 aliphatic heterocycles. The number of ether oxygens (including phenoxy) is 1. The molecule has 0 saturated heterocycles. The Morgan fingerprint density at radius 1 is 0.750 bits per heavy atom. The molecule has 0 radical (unpaired) electrons. The van der Waals surface area contributed by atoms with Gasteiger partial charge in [0.2, 0.25) is 0 Å². The number of benzene rings is 1. The van der Waals surface area contributed by atoms with Crippen LogP contribution >= 0.6 is 7.26 Å². The summed E-state index contributed by atoms with van der Waals surface area (Å²) >= 11 is 0. The van der Waals surface area contributed by atoms with Crippen molar-refractivity contribution in [2.75, 3.05) is 26.1 Å². The summed E-state index contributed by atoms with van der Waals surface area (Å²) < 4.78 is 24.5. The second-order valence-corrected chi connectivity index (χ2v) is 19.5. The average Bonchev–Trinajstić information content (AvgIpc) is 2.58. The van der Waals surface area contributed by atoms with Gasteiger partial charge in [-0.3, -0.25) is 0 Å². The molecule has 32 heavy (non-hydrogen) atoms. The van der Waals surface area contributed by atoms with Crippen molar-refractivity contribution in [3.63, 3.8) is 0 Å². The Balaban J connectivity index is 3.74. The van der Waals surface area contributed by atoms with Crippen molar-refractivity contribution in [1.82, 2.24) is 0 Å². The highest BCUT2D eigenvalue weighted by molar-refractivity contribution is 7.87. The lowest BCUT2D eigenvalue weighted by Crippen LogP contribution is -2.53. The lowest BCUT2D eigenvalue weighted by atomic mass is 10.2. The van der Waals surface area contributed by atoms with E-state index < -0.39 is 16.1 Å². The quantitative estimate of drug-likeness (QED) is 0.306. The monoisotopic (exact) mass is 487 g/mol. The molecular formula is C25H48O5PSi+. The van der Waals surface area contributed by atoms with Crippen molar-refractivity contribution in [3.8, 4) is 11.5 Å². The summed E-state index contributed by atoms with van der Waals surface area (Å²) in [6, 6.07) is 5.52. The first-order chi connectivity index (χ1) is 14.5. The first-order valence-corrected chi connectivity index (χ1v) is 15.5. The van der Waals surface area contributed by atoms with E-state index in [1.54, 1.807) is 6.07 Å². The summed E-state index contributed by atoms with van der Waals surface area (Å²) in [6.07, 6.45) is 0.235. The molecule has 1 aromatic carbocycles. The van der Waals surface area contributed by atoms with E-state index in [1.165, 1.54) is 0 Å². The SMILES string of the molecule is CCO[Si](COc1ccc(O)cc1[P+](C(C)(C)C)(C(C)(C)C)C(C)(C)C)(OCC)OCC. The fraction of sp³-hybridized carbons (Fsp3) is 0.760. The van der Waals surface area contributed by atoms with Gasteiger partial charge >= 0.3 is 8.80 Å². The van der Waals surface area contributed by atoms with E-state index in [9.17, 15) is 5.11 Å². The summed E-state index contributed by atoms with van der Waals surface area (Å²) in [7, 11) is -4.97. The maximum Gasteiger partial charge on any atom is 0.540 e. The van der Waals surface area contributed by atoms with Crippen molar-refractivity contribution >= 4 is 21.4 Å². The Morgan fingerprint density at radius 2 is 1.16 bits per heavy atom. The number of hydrogen-bond acceptors (Lipinski definition) is 5. The van der Waals surface area contributed by atoms with Crippen molar-refractivity contribution in [1.29, 1.82) is 0 Å². The lowest BCUT2D eigenvalue weighted by Gasteiger charge is -2.54. The third kappa shape index (κ3) is 5.88.